The minimum atomic E-state index is -1.04. The first-order chi connectivity index (χ1) is 12.6. The average molecular weight is 376 g/mol. The Balaban J connectivity index is 3.04. The summed E-state index contributed by atoms with van der Waals surface area (Å²) in [5.41, 5.74) is 3.14. The van der Waals surface area contributed by atoms with Crippen LogP contribution in [0.15, 0.2) is 35.4 Å². The minimum Gasteiger partial charge on any atom is -0.507 e. The lowest BCUT2D eigenvalue weighted by Crippen LogP contribution is -2.08. The van der Waals surface area contributed by atoms with Gasteiger partial charge in [-0.25, -0.2) is 4.79 Å². The van der Waals surface area contributed by atoms with Crippen molar-refractivity contribution in [3.8, 4) is 5.75 Å². The number of aromatic hydroxyl groups is 1. The number of carboxylic acid groups (broad SMARTS) is 1. The molecule has 0 aliphatic heterocycles. The second-order valence-corrected chi connectivity index (χ2v) is 7.46. The number of hydrogen-bond donors (Lipinski definition) is 4. The van der Waals surface area contributed by atoms with Gasteiger partial charge < -0.3 is 20.4 Å². The smallest absolute Gasteiger partial charge is 0.335 e. The molecule has 27 heavy (non-hydrogen) atoms. The number of aliphatic hydroxyl groups excluding tert-OH is 2. The number of phenols is 1. The molecule has 5 heteroatoms. The quantitative estimate of drug-likeness (QED) is 0.465. The number of hydrogen-bond acceptors (Lipinski definition) is 4. The zero-order valence-corrected chi connectivity index (χ0v) is 16.7. The van der Waals surface area contributed by atoms with Crippen LogP contribution in [0.4, 0.5) is 0 Å². The molecule has 0 spiro atoms. The third-order valence-corrected chi connectivity index (χ3v) is 4.65. The van der Waals surface area contributed by atoms with E-state index in [1.807, 2.05) is 39.8 Å². The predicted molar refractivity (Wildman–Crippen MR) is 107 cm³/mol. The van der Waals surface area contributed by atoms with E-state index in [4.69, 9.17) is 5.11 Å². The van der Waals surface area contributed by atoms with Crippen LogP contribution in [0.25, 0.3) is 0 Å². The second-order valence-electron chi connectivity index (χ2n) is 7.46. The van der Waals surface area contributed by atoms with Gasteiger partial charge in [-0.1, -0.05) is 24.6 Å². The highest BCUT2D eigenvalue weighted by atomic mass is 16.4. The molecule has 2 unspecified atom stereocenters. The Morgan fingerprint density at radius 3 is 2.33 bits per heavy atom. The molecule has 4 N–H and O–H groups in total. The van der Waals surface area contributed by atoms with Gasteiger partial charge in [0.15, 0.2) is 0 Å². The van der Waals surface area contributed by atoms with Crippen LogP contribution in [0.2, 0.25) is 0 Å². The fourth-order valence-electron chi connectivity index (χ4n) is 2.66. The van der Waals surface area contributed by atoms with Crippen LogP contribution in [0.3, 0.4) is 0 Å². The lowest BCUT2D eigenvalue weighted by atomic mass is 9.95. The molecule has 0 radical (unpaired) electrons. The number of carboxylic acids is 1. The van der Waals surface area contributed by atoms with E-state index in [0.29, 0.717) is 36.8 Å². The van der Waals surface area contributed by atoms with Crippen LogP contribution in [0.5, 0.6) is 5.75 Å². The molecule has 0 aromatic heterocycles. The summed E-state index contributed by atoms with van der Waals surface area (Å²) in [5, 5.41) is 39.3. The van der Waals surface area contributed by atoms with Crippen molar-refractivity contribution in [2.45, 2.75) is 59.5 Å². The maximum atomic E-state index is 11.4. The van der Waals surface area contributed by atoms with Crippen molar-refractivity contribution >= 4 is 5.97 Å². The topological polar surface area (TPSA) is 98.0 Å². The molecule has 0 fully saturated rings. The van der Waals surface area contributed by atoms with Crippen molar-refractivity contribution in [3.63, 3.8) is 0 Å². The standard InChI is InChI=1S/C22H32O5/c1-14(2)5-10-20(24)16(4)7-9-18-12-19(22(26)27)11-17(21(18)25)8-6-15(3)13-23/h5,7,11-12,15,20,23-25H,6,8-10,13H2,1-4H3,(H,26,27)/b16-7+. The van der Waals surface area contributed by atoms with E-state index < -0.39 is 12.1 Å². The molecule has 1 aromatic carbocycles. The van der Waals surface area contributed by atoms with Crippen LogP contribution in [0, 0.1) is 5.92 Å². The van der Waals surface area contributed by atoms with E-state index in [2.05, 4.69) is 0 Å². The van der Waals surface area contributed by atoms with Gasteiger partial charge >= 0.3 is 5.97 Å². The van der Waals surface area contributed by atoms with Gasteiger partial charge in [0, 0.05) is 6.61 Å². The normalized spacial score (nSPS) is 13.9. The van der Waals surface area contributed by atoms with Crippen molar-refractivity contribution in [1.82, 2.24) is 0 Å². The fraction of sp³-hybridized carbons (Fsp3) is 0.500. The van der Waals surface area contributed by atoms with E-state index in [0.717, 1.165) is 11.1 Å². The van der Waals surface area contributed by atoms with Gasteiger partial charge in [0.2, 0.25) is 0 Å². The van der Waals surface area contributed by atoms with E-state index in [1.165, 1.54) is 12.1 Å². The zero-order valence-electron chi connectivity index (χ0n) is 16.7. The minimum absolute atomic E-state index is 0.0533. The molecule has 0 saturated carbocycles. The molecule has 0 bridgehead atoms. The molecule has 2 atom stereocenters. The highest BCUT2D eigenvalue weighted by molar-refractivity contribution is 5.88. The third kappa shape index (κ3) is 7.57. The van der Waals surface area contributed by atoms with Crippen molar-refractivity contribution in [2.24, 2.45) is 5.92 Å². The number of carbonyl (C=O) groups is 1. The maximum absolute atomic E-state index is 11.4. The predicted octanol–water partition coefficient (Wildman–Crippen LogP) is 3.86. The number of aromatic carboxylic acids is 1. The summed E-state index contributed by atoms with van der Waals surface area (Å²) in [6, 6.07) is 2.97. The van der Waals surface area contributed by atoms with E-state index in [1.54, 1.807) is 0 Å². The third-order valence-electron chi connectivity index (χ3n) is 4.65. The Bertz CT molecular complexity index is 699. The highest BCUT2D eigenvalue weighted by Crippen LogP contribution is 2.28. The summed E-state index contributed by atoms with van der Waals surface area (Å²) >= 11 is 0. The second kappa shape index (κ2) is 10.9. The molecular formula is C22H32O5. The molecular weight excluding hydrogens is 344 g/mol. The molecule has 150 valence electrons. The number of benzene rings is 1. The van der Waals surface area contributed by atoms with Gasteiger partial charge in [-0.3, -0.25) is 0 Å². The van der Waals surface area contributed by atoms with Crippen molar-refractivity contribution < 1.29 is 25.2 Å². The van der Waals surface area contributed by atoms with Crippen molar-refractivity contribution in [2.75, 3.05) is 6.61 Å². The van der Waals surface area contributed by atoms with Crippen LogP contribution in [-0.2, 0) is 12.8 Å². The number of aliphatic hydroxyl groups is 2. The van der Waals surface area contributed by atoms with Gasteiger partial charge in [-0.05, 0) is 81.2 Å². The number of aryl methyl sites for hydroxylation is 1. The highest BCUT2D eigenvalue weighted by Gasteiger charge is 2.15. The van der Waals surface area contributed by atoms with Crippen LogP contribution in [-0.4, -0.2) is 39.1 Å². The Morgan fingerprint density at radius 1 is 1.15 bits per heavy atom. The summed E-state index contributed by atoms with van der Waals surface area (Å²) in [6.45, 7) is 7.73. The van der Waals surface area contributed by atoms with Crippen molar-refractivity contribution in [3.05, 3.63) is 52.1 Å². The first-order valence-electron chi connectivity index (χ1n) is 9.32. The number of rotatable bonds is 10. The van der Waals surface area contributed by atoms with Crippen LogP contribution < -0.4 is 0 Å². The van der Waals surface area contributed by atoms with Gasteiger partial charge in [0.25, 0.3) is 0 Å². The van der Waals surface area contributed by atoms with E-state index in [-0.39, 0.29) is 23.8 Å². The monoisotopic (exact) mass is 376 g/mol. The van der Waals surface area contributed by atoms with E-state index >= 15 is 0 Å². The van der Waals surface area contributed by atoms with Gasteiger partial charge in [0.05, 0.1) is 11.7 Å². The summed E-state index contributed by atoms with van der Waals surface area (Å²) in [6.07, 6.45) is 5.20. The molecule has 0 aliphatic rings. The number of allylic oxidation sites excluding steroid dienone is 2. The summed E-state index contributed by atoms with van der Waals surface area (Å²) < 4.78 is 0. The summed E-state index contributed by atoms with van der Waals surface area (Å²) in [7, 11) is 0. The first kappa shape index (κ1) is 22.9. The van der Waals surface area contributed by atoms with E-state index in [9.17, 15) is 20.1 Å². The zero-order chi connectivity index (χ0) is 20.6. The Labute approximate surface area is 161 Å². The van der Waals surface area contributed by atoms with Gasteiger partial charge in [-0.15, -0.1) is 0 Å². The lowest BCUT2D eigenvalue weighted by Gasteiger charge is -2.14. The average Bonchev–Trinajstić information content (AvgIpc) is 2.63. The Morgan fingerprint density at radius 2 is 1.78 bits per heavy atom. The molecule has 1 aromatic rings. The molecule has 1 rings (SSSR count). The SMILES string of the molecule is CC(C)=CCC(O)/C(C)=C/Cc1cc(C(=O)O)cc(CCC(C)CO)c1O. The largest absolute Gasteiger partial charge is 0.507 e. The van der Waals surface area contributed by atoms with Crippen LogP contribution >= 0.6 is 0 Å². The Kier molecular flexibility index (Phi) is 9.26. The molecule has 0 heterocycles. The molecule has 5 nitrogen and oxygen atoms in total. The van der Waals surface area contributed by atoms with Crippen LogP contribution in [0.1, 0.15) is 62.0 Å². The molecule has 0 aliphatic carbocycles. The lowest BCUT2D eigenvalue weighted by molar-refractivity contribution is 0.0696. The summed E-state index contributed by atoms with van der Waals surface area (Å²) in [5.74, 6) is -0.876. The number of phenolic OH excluding ortho intramolecular Hbond substituents is 1. The van der Waals surface area contributed by atoms with Gasteiger partial charge in [0.1, 0.15) is 5.75 Å². The maximum Gasteiger partial charge on any atom is 0.335 e. The first-order valence-corrected chi connectivity index (χ1v) is 9.32. The van der Waals surface area contributed by atoms with Crippen molar-refractivity contribution in [1.29, 1.82) is 0 Å². The Hall–Kier alpha value is -2.11. The summed E-state index contributed by atoms with van der Waals surface area (Å²) in [4.78, 5) is 11.4. The molecule has 0 amide bonds. The fourth-order valence-corrected chi connectivity index (χ4v) is 2.66. The molecule has 0 saturated heterocycles. The van der Waals surface area contributed by atoms with Gasteiger partial charge in [-0.2, -0.15) is 0 Å².